The number of hydrogen-bond acceptors (Lipinski definition) is 1. The summed E-state index contributed by atoms with van der Waals surface area (Å²) >= 11 is 0. The van der Waals surface area contributed by atoms with E-state index < -0.39 is 0 Å². The molecule has 0 saturated carbocycles. The summed E-state index contributed by atoms with van der Waals surface area (Å²) in [5.74, 6) is 0.420. The summed E-state index contributed by atoms with van der Waals surface area (Å²) in [4.78, 5) is 0. The molecule has 1 rings (SSSR count). The first-order valence-corrected chi connectivity index (χ1v) is 4.51. The molecule has 1 heteroatoms. The van der Waals surface area contributed by atoms with E-state index in [0.29, 0.717) is 5.75 Å². The van der Waals surface area contributed by atoms with Crippen molar-refractivity contribution >= 4 is 0 Å². The molecule has 0 spiro atoms. The van der Waals surface area contributed by atoms with Crippen LogP contribution in [0.2, 0.25) is 0 Å². The average molecular weight is 164 g/mol. The quantitative estimate of drug-likeness (QED) is 0.712. The Morgan fingerprint density at radius 2 is 1.83 bits per heavy atom. The van der Waals surface area contributed by atoms with Crippen LogP contribution in [0.25, 0.3) is 0 Å². The highest BCUT2D eigenvalue weighted by molar-refractivity contribution is 5.43. The lowest BCUT2D eigenvalue weighted by Crippen LogP contribution is -1.94. The third-order valence-corrected chi connectivity index (χ3v) is 2.40. The first-order chi connectivity index (χ1) is 5.70. The van der Waals surface area contributed by atoms with Gasteiger partial charge in [-0.25, -0.2) is 0 Å². The van der Waals surface area contributed by atoms with Crippen molar-refractivity contribution in [3.05, 3.63) is 28.8 Å². The highest BCUT2D eigenvalue weighted by Gasteiger charge is 2.05. The minimum atomic E-state index is 0.420. The van der Waals surface area contributed by atoms with Crippen molar-refractivity contribution in [1.29, 1.82) is 0 Å². The van der Waals surface area contributed by atoms with Crippen LogP contribution < -0.4 is 0 Å². The van der Waals surface area contributed by atoms with Crippen LogP contribution in [0.4, 0.5) is 0 Å². The molecule has 1 aromatic rings. The zero-order chi connectivity index (χ0) is 9.14. The summed E-state index contributed by atoms with van der Waals surface area (Å²) in [6.07, 6.45) is 2.05. The SMILES string of the molecule is CCc1ccc(O)c(C)c1CC. The monoisotopic (exact) mass is 164 g/mol. The summed E-state index contributed by atoms with van der Waals surface area (Å²) in [6, 6.07) is 3.80. The van der Waals surface area contributed by atoms with Crippen molar-refractivity contribution in [3.63, 3.8) is 0 Å². The van der Waals surface area contributed by atoms with Gasteiger partial charge in [0.05, 0.1) is 0 Å². The lowest BCUT2D eigenvalue weighted by Gasteiger charge is -2.10. The minimum absolute atomic E-state index is 0.420. The third kappa shape index (κ3) is 1.45. The first kappa shape index (κ1) is 9.11. The third-order valence-electron chi connectivity index (χ3n) is 2.40. The first-order valence-electron chi connectivity index (χ1n) is 4.51. The maximum absolute atomic E-state index is 9.45. The van der Waals surface area contributed by atoms with Gasteiger partial charge in [-0.3, -0.25) is 0 Å². The van der Waals surface area contributed by atoms with Crippen molar-refractivity contribution in [2.75, 3.05) is 0 Å². The van der Waals surface area contributed by atoms with Crippen LogP contribution in [0, 0.1) is 6.92 Å². The average Bonchev–Trinajstić information content (AvgIpc) is 2.09. The number of rotatable bonds is 2. The number of aryl methyl sites for hydroxylation is 1. The van der Waals surface area contributed by atoms with Crippen molar-refractivity contribution in [1.82, 2.24) is 0 Å². The maximum atomic E-state index is 9.45. The van der Waals surface area contributed by atoms with Crippen LogP contribution in [0.5, 0.6) is 5.75 Å². The molecule has 66 valence electrons. The summed E-state index contributed by atoms with van der Waals surface area (Å²) in [5, 5.41) is 9.45. The van der Waals surface area contributed by atoms with E-state index in [1.54, 1.807) is 6.07 Å². The van der Waals surface area contributed by atoms with E-state index in [4.69, 9.17) is 0 Å². The Labute approximate surface area is 74.1 Å². The Balaban J connectivity index is 3.25. The van der Waals surface area contributed by atoms with Gasteiger partial charge in [0.1, 0.15) is 5.75 Å². The predicted molar refractivity (Wildman–Crippen MR) is 51.6 cm³/mol. The molecule has 1 aromatic carbocycles. The normalized spacial score (nSPS) is 10.2. The van der Waals surface area contributed by atoms with Gasteiger partial charge in [0.2, 0.25) is 0 Å². The maximum Gasteiger partial charge on any atom is 0.118 e. The summed E-state index contributed by atoms with van der Waals surface area (Å²) in [6.45, 7) is 6.25. The number of aromatic hydroxyl groups is 1. The Morgan fingerprint density at radius 1 is 1.17 bits per heavy atom. The fraction of sp³-hybridized carbons (Fsp3) is 0.455. The van der Waals surface area contributed by atoms with Crippen molar-refractivity contribution in [2.24, 2.45) is 0 Å². The van der Waals surface area contributed by atoms with Gasteiger partial charge in [-0.05, 0) is 42.5 Å². The van der Waals surface area contributed by atoms with Gasteiger partial charge < -0.3 is 5.11 Å². The van der Waals surface area contributed by atoms with E-state index in [0.717, 1.165) is 18.4 Å². The molecule has 0 radical (unpaired) electrons. The molecule has 0 amide bonds. The fourth-order valence-corrected chi connectivity index (χ4v) is 1.62. The van der Waals surface area contributed by atoms with E-state index in [2.05, 4.69) is 13.8 Å². The molecule has 0 saturated heterocycles. The van der Waals surface area contributed by atoms with Crippen LogP contribution in [-0.4, -0.2) is 5.11 Å². The van der Waals surface area contributed by atoms with Gasteiger partial charge in [-0.15, -0.1) is 0 Å². The van der Waals surface area contributed by atoms with Crippen LogP contribution >= 0.6 is 0 Å². The second-order valence-corrected chi connectivity index (χ2v) is 3.05. The van der Waals surface area contributed by atoms with Gasteiger partial charge in [0.15, 0.2) is 0 Å². The van der Waals surface area contributed by atoms with Crippen LogP contribution in [0.15, 0.2) is 12.1 Å². The molecule has 1 N–H and O–H groups in total. The molecule has 12 heavy (non-hydrogen) atoms. The van der Waals surface area contributed by atoms with Crippen LogP contribution in [0.1, 0.15) is 30.5 Å². The van der Waals surface area contributed by atoms with Crippen molar-refractivity contribution in [3.8, 4) is 5.75 Å². The number of benzene rings is 1. The topological polar surface area (TPSA) is 20.2 Å². The van der Waals surface area contributed by atoms with E-state index >= 15 is 0 Å². The zero-order valence-electron chi connectivity index (χ0n) is 8.02. The summed E-state index contributed by atoms with van der Waals surface area (Å²) < 4.78 is 0. The standard InChI is InChI=1S/C11H16O/c1-4-9-6-7-11(12)8(3)10(9)5-2/h6-7,12H,4-5H2,1-3H3. The molecular formula is C11H16O. The van der Waals surface area contributed by atoms with Gasteiger partial charge in [-0.2, -0.15) is 0 Å². The summed E-state index contributed by atoms with van der Waals surface area (Å²) in [5.41, 5.74) is 3.70. The number of hydrogen-bond donors (Lipinski definition) is 1. The lowest BCUT2D eigenvalue weighted by atomic mass is 9.97. The molecule has 0 heterocycles. The van der Waals surface area contributed by atoms with Crippen molar-refractivity contribution in [2.45, 2.75) is 33.6 Å². The van der Waals surface area contributed by atoms with E-state index in [-0.39, 0.29) is 0 Å². The van der Waals surface area contributed by atoms with Crippen molar-refractivity contribution < 1.29 is 5.11 Å². The Morgan fingerprint density at radius 3 is 2.33 bits per heavy atom. The number of phenols is 1. The molecule has 0 aliphatic carbocycles. The van der Waals surface area contributed by atoms with E-state index in [1.165, 1.54) is 11.1 Å². The second kappa shape index (κ2) is 3.61. The molecule has 0 unspecified atom stereocenters. The van der Waals surface area contributed by atoms with Gasteiger partial charge >= 0.3 is 0 Å². The van der Waals surface area contributed by atoms with Gasteiger partial charge in [-0.1, -0.05) is 19.9 Å². The molecule has 0 aliphatic rings. The lowest BCUT2D eigenvalue weighted by molar-refractivity contribution is 0.470. The molecule has 0 aromatic heterocycles. The fourth-order valence-electron chi connectivity index (χ4n) is 1.62. The van der Waals surface area contributed by atoms with E-state index in [9.17, 15) is 5.11 Å². The Hall–Kier alpha value is -0.980. The molecule has 0 fully saturated rings. The molecule has 1 nitrogen and oxygen atoms in total. The molecular weight excluding hydrogens is 148 g/mol. The summed E-state index contributed by atoms with van der Waals surface area (Å²) in [7, 11) is 0. The molecule has 0 atom stereocenters. The molecule has 0 bridgehead atoms. The minimum Gasteiger partial charge on any atom is -0.508 e. The highest BCUT2D eigenvalue weighted by atomic mass is 16.3. The number of phenolic OH excluding ortho intramolecular Hbond substituents is 1. The van der Waals surface area contributed by atoms with Gasteiger partial charge in [0, 0.05) is 0 Å². The highest BCUT2D eigenvalue weighted by Crippen LogP contribution is 2.24. The second-order valence-electron chi connectivity index (χ2n) is 3.05. The largest absolute Gasteiger partial charge is 0.508 e. The van der Waals surface area contributed by atoms with Crippen LogP contribution in [0.3, 0.4) is 0 Å². The van der Waals surface area contributed by atoms with Gasteiger partial charge in [0.25, 0.3) is 0 Å². The zero-order valence-corrected chi connectivity index (χ0v) is 8.02. The Bertz CT molecular complexity index is 277. The Kier molecular flexibility index (Phi) is 2.74. The molecule has 0 aliphatic heterocycles. The predicted octanol–water partition coefficient (Wildman–Crippen LogP) is 2.83. The van der Waals surface area contributed by atoms with Crippen LogP contribution in [-0.2, 0) is 12.8 Å². The smallest absolute Gasteiger partial charge is 0.118 e. The van der Waals surface area contributed by atoms with E-state index in [1.807, 2.05) is 13.0 Å².